The van der Waals surface area contributed by atoms with E-state index in [-0.39, 0.29) is 0 Å². The number of aromatic nitrogens is 3. The van der Waals surface area contributed by atoms with Crippen LogP contribution in [0.4, 0.5) is 5.69 Å². The largest absolute Gasteiger partial charge is 0.366 e. The summed E-state index contributed by atoms with van der Waals surface area (Å²) in [6, 6.07) is 14.3. The minimum atomic E-state index is 0.716. The summed E-state index contributed by atoms with van der Waals surface area (Å²) in [5, 5.41) is 0. The highest BCUT2D eigenvalue weighted by atomic mass is 15.1. The molecule has 4 nitrogen and oxygen atoms in total. The highest BCUT2D eigenvalue weighted by Crippen LogP contribution is 2.26. The van der Waals surface area contributed by atoms with E-state index in [1.807, 2.05) is 24.4 Å². The molecule has 0 saturated heterocycles. The van der Waals surface area contributed by atoms with Crippen molar-refractivity contribution in [3.63, 3.8) is 0 Å². The van der Waals surface area contributed by atoms with Gasteiger partial charge in [0.15, 0.2) is 5.82 Å². The Morgan fingerprint density at radius 3 is 2.70 bits per heavy atom. The van der Waals surface area contributed by atoms with Gasteiger partial charge in [-0.15, -0.1) is 0 Å². The average Bonchev–Trinajstić information content (AvgIpc) is 2.62. The lowest BCUT2D eigenvalue weighted by atomic mass is 10.0. The predicted octanol–water partition coefficient (Wildman–Crippen LogP) is 3.41. The van der Waals surface area contributed by atoms with Crippen LogP contribution in [0.5, 0.6) is 0 Å². The molecule has 0 radical (unpaired) electrons. The molecule has 3 heterocycles. The molecular formula is C19H18N4. The molecule has 1 aliphatic heterocycles. The third kappa shape index (κ3) is 2.68. The topological polar surface area (TPSA) is 41.9 Å². The van der Waals surface area contributed by atoms with E-state index in [4.69, 9.17) is 4.98 Å². The number of para-hydroxylation sites is 1. The first kappa shape index (κ1) is 13.9. The van der Waals surface area contributed by atoms with E-state index in [9.17, 15) is 0 Å². The second-order valence-corrected chi connectivity index (χ2v) is 5.84. The van der Waals surface area contributed by atoms with E-state index < -0.39 is 0 Å². The van der Waals surface area contributed by atoms with E-state index in [1.54, 1.807) is 6.20 Å². The number of aryl methyl sites for hydroxylation is 1. The quantitative estimate of drug-likeness (QED) is 0.727. The maximum absolute atomic E-state index is 4.73. The summed E-state index contributed by atoms with van der Waals surface area (Å²) in [5.41, 5.74) is 5.79. The van der Waals surface area contributed by atoms with Crippen LogP contribution < -0.4 is 4.90 Å². The first-order valence-electron chi connectivity index (χ1n) is 7.88. The number of hydrogen-bond acceptors (Lipinski definition) is 4. The Balaban J connectivity index is 1.63. The number of anilines is 1. The van der Waals surface area contributed by atoms with E-state index >= 15 is 0 Å². The fourth-order valence-electron chi connectivity index (χ4n) is 3.06. The SMILES string of the molecule is Cc1ccccc1N1CCc2nc(-c3ccccn3)ncc2C1. The third-order valence-electron chi connectivity index (χ3n) is 4.28. The predicted molar refractivity (Wildman–Crippen MR) is 91.2 cm³/mol. The smallest absolute Gasteiger partial charge is 0.178 e. The lowest BCUT2D eigenvalue weighted by Gasteiger charge is -2.31. The van der Waals surface area contributed by atoms with Crippen molar-refractivity contribution in [3.05, 3.63) is 71.7 Å². The second-order valence-electron chi connectivity index (χ2n) is 5.84. The summed E-state index contributed by atoms with van der Waals surface area (Å²) >= 11 is 0. The van der Waals surface area contributed by atoms with Crippen LogP contribution in [0, 0.1) is 6.92 Å². The molecule has 0 amide bonds. The van der Waals surface area contributed by atoms with Gasteiger partial charge in [0, 0.05) is 43.2 Å². The molecule has 0 saturated carbocycles. The van der Waals surface area contributed by atoms with Gasteiger partial charge in [-0.05, 0) is 30.7 Å². The minimum absolute atomic E-state index is 0.716. The summed E-state index contributed by atoms with van der Waals surface area (Å²) < 4.78 is 0. The van der Waals surface area contributed by atoms with Gasteiger partial charge in [0.1, 0.15) is 5.69 Å². The zero-order chi connectivity index (χ0) is 15.6. The van der Waals surface area contributed by atoms with Crippen molar-refractivity contribution in [1.29, 1.82) is 0 Å². The lowest BCUT2D eigenvalue weighted by Crippen LogP contribution is -2.31. The van der Waals surface area contributed by atoms with Crippen molar-refractivity contribution in [2.24, 2.45) is 0 Å². The first-order valence-corrected chi connectivity index (χ1v) is 7.88. The molecule has 23 heavy (non-hydrogen) atoms. The molecule has 0 spiro atoms. The Kier molecular flexibility index (Phi) is 3.50. The zero-order valence-corrected chi connectivity index (χ0v) is 13.1. The number of rotatable bonds is 2. The number of benzene rings is 1. The van der Waals surface area contributed by atoms with Crippen LogP contribution in [0.25, 0.3) is 11.5 Å². The third-order valence-corrected chi connectivity index (χ3v) is 4.28. The molecule has 4 rings (SSSR count). The molecule has 0 N–H and O–H groups in total. The van der Waals surface area contributed by atoms with E-state index in [0.29, 0.717) is 5.82 Å². The Labute approximate surface area is 135 Å². The summed E-state index contributed by atoms with van der Waals surface area (Å²) in [6.07, 6.45) is 4.67. The minimum Gasteiger partial charge on any atom is -0.366 e. The molecular weight excluding hydrogens is 284 g/mol. The molecule has 114 valence electrons. The Hall–Kier alpha value is -2.75. The number of fused-ring (bicyclic) bond motifs is 1. The first-order chi connectivity index (χ1) is 11.3. The maximum Gasteiger partial charge on any atom is 0.178 e. The fourth-order valence-corrected chi connectivity index (χ4v) is 3.06. The van der Waals surface area contributed by atoms with Crippen molar-refractivity contribution in [2.75, 3.05) is 11.4 Å². The second kappa shape index (κ2) is 5.80. The molecule has 0 fully saturated rings. The van der Waals surface area contributed by atoms with Crippen molar-refractivity contribution in [3.8, 4) is 11.5 Å². The van der Waals surface area contributed by atoms with Gasteiger partial charge in [-0.3, -0.25) is 4.98 Å². The van der Waals surface area contributed by atoms with Crippen LogP contribution in [-0.4, -0.2) is 21.5 Å². The van der Waals surface area contributed by atoms with Crippen LogP contribution in [0.15, 0.2) is 54.9 Å². The standard InChI is InChI=1S/C19H18N4/c1-14-6-2-3-8-18(14)23-11-9-16-15(13-23)12-21-19(22-16)17-7-4-5-10-20-17/h2-8,10,12H,9,11,13H2,1H3. The molecule has 0 atom stereocenters. The highest BCUT2D eigenvalue weighted by Gasteiger charge is 2.20. The van der Waals surface area contributed by atoms with E-state index in [0.717, 1.165) is 30.9 Å². The maximum atomic E-state index is 4.73. The highest BCUT2D eigenvalue weighted by molar-refractivity contribution is 5.55. The van der Waals surface area contributed by atoms with Crippen LogP contribution in [-0.2, 0) is 13.0 Å². The molecule has 0 unspecified atom stereocenters. The van der Waals surface area contributed by atoms with Gasteiger partial charge in [-0.2, -0.15) is 0 Å². The number of hydrogen-bond donors (Lipinski definition) is 0. The monoisotopic (exact) mass is 302 g/mol. The molecule has 0 aliphatic carbocycles. The van der Waals surface area contributed by atoms with Crippen LogP contribution >= 0.6 is 0 Å². The van der Waals surface area contributed by atoms with E-state index in [2.05, 4.69) is 46.1 Å². The van der Waals surface area contributed by atoms with Gasteiger partial charge in [-0.25, -0.2) is 9.97 Å². The average molecular weight is 302 g/mol. The molecule has 3 aromatic rings. The van der Waals surface area contributed by atoms with Crippen molar-refractivity contribution < 1.29 is 0 Å². The normalized spacial score (nSPS) is 13.7. The number of pyridine rings is 1. The Morgan fingerprint density at radius 1 is 1.00 bits per heavy atom. The summed E-state index contributed by atoms with van der Waals surface area (Å²) in [6.45, 7) is 4.00. The van der Waals surface area contributed by atoms with Gasteiger partial charge < -0.3 is 4.90 Å². The van der Waals surface area contributed by atoms with Gasteiger partial charge >= 0.3 is 0 Å². The summed E-state index contributed by atoms with van der Waals surface area (Å²) in [5.74, 6) is 0.716. The van der Waals surface area contributed by atoms with Crippen molar-refractivity contribution in [2.45, 2.75) is 19.9 Å². The van der Waals surface area contributed by atoms with Crippen LogP contribution in [0.3, 0.4) is 0 Å². The lowest BCUT2D eigenvalue weighted by molar-refractivity contribution is 0.704. The van der Waals surface area contributed by atoms with Gasteiger partial charge in [0.05, 0.1) is 5.69 Å². The number of nitrogens with zero attached hydrogens (tertiary/aromatic N) is 4. The molecule has 2 aromatic heterocycles. The Morgan fingerprint density at radius 2 is 1.87 bits per heavy atom. The molecule has 1 aliphatic rings. The van der Waals surface area contributed by atoms with Crippen LogP contribution in [0.1, 0.15) is 16.8 Å². The Bertz CT molecular complexity index is 830. The van der Waals surface area contributed by atoms with E-state index in [1.165, 1.54) is 16.8 Å². The zero-order valence-electron chi connectivity index (χ0n) is 13.1. The molecule has 0 bridgehead atoms. The van der Waals surface area contributed by atoms with Gasteiger partial charge in [0.2, 0.25) is 0 Å². The van der Waals surface area contributed by atoms with Gasteiger partial charge in [-0.1, -0.05) is 24.3 Å². The van der Waals surface area contributed by atoms with Crippen LogP contribution in [0.2, 0.25) is 0 Å². The van der Waals surface area contributed by atoms with Crippen molar-refractivity contribution >= 4 is 5.69 Å². The summed E-state index contributed by atoms with van der Waals surface area (Å²) in [4.78, 5) is 16.0. The molecule has 1 aromatic carbocycles. The van der Waals surface area contributed by atoms with Crippen molar-refractivity contribution in [1.82, 2.24) is 15.0 Å². The van der Waals surface area contributed by atoms with Gasteiger partial charge in [0.25, 0.3) is 0 Å². The fraction of sp³-hybridized carbons (Fsp3) is 0.211. The molecule has 4 heteroatoms. The summed E-state index contributed by atoms with van der Waals surface area (Å²) in [7, 11) is 0.